The maximum absolute atomic E-state index is 13.2. The second-order valence-electron chi connectivity index (χ2n) is 6.56. The van der Waals surface area contributed by atoms with Crippen molar-refractivity contribution in [1.29, 1.82) is 0 Å². The van der Waals surface area contributed by atoms with Crippen LogP contribution in [0.2, 0.25) is 5.02 Å². The average Bonchev–Trinajstić information content (AvgIpc) is 2.65. The Morgan fingerprint density at radius 1 is 1.11 bits per heavy atom. The predicted molar refractivity (Wildman–Crippen MR) is 104 cm³/mol. The van der Waals surface area contributed by atoms with E-state index in [2.05, 4.69) is 10.6 Å². The Bertz CT molecular complexity index is 822. The number of hydrogen-bond donors (Lipinski definition) is 2. The molecule has 0 atom stereocenters. The molecule has 0 aliphatic rings. The first-order chi connectivity index (χ1) is 12.7. The van der Waals surface area contributed by atoms with Crippen molar-refractivity contribution in [1.82, 2.24) is 5.32 Å². The summed E-state index contributed by atoms with van der Waals surface area (Å²) in [6.45, 7) is 3.44. The third kappa shape index (κ3) is 5.44. The van der Waals surface area contributed by atoms with Crippen LogP contribution in [0.25, 0.3) is 0 Å². The van der Waals surface area contributed by atoms with Crippen LogP contribution in [0, 0.1) is 11.2 Å². The fraction of sp³-hybridized carbons (Fsp3) is 0.300. The highest BCUT2D eigenvalue weighted by Gasteiger charge is 2.35. The minimum Gasteiger partial charge on any atom is -0.497 e. The lowest BCUT2D eigenvalue weighted by molar-refractivity contribution is -0.138. The fourth-order valence-electron chi connectivity index (χ4n) is 2.30. The molecule has 0 saturated carbocycles. The Morgan fingerprint density at radius 3 is 2.37 bits per heavy atom. The topological polar surface area (TPSA) is 67.4 Å². The second kappa shape index (κ2) is 8.86. The van der Waals surface area contributed by atoms with Gasteiger partial charge in [0.05, 0.1) is 12.1 Å². The molecule has 7 heteroatoms. The van der Waals surface area contributed by atoms with E-state index in [9.17, 15) is 14.0 Å². The molecule has 0 unspecified atom stereocenters. The van der Waals surface area contributed by atoms with Crippen LogP contribution in [0.3, 0.4) is 0 Å². The first-order valence-corrected chi connectivity index (χ1v) is 8.79. The standard InChI is InChI=1S/C20H22ClFN2O3/c1-20(2,19(26)24-14-6-9-17(22)16(21)12-14)18(25)23-11-10-13-4-7-15(27-3)8-5-13/h4-9,12H,10-11H2,1-3H3,(H,23,25)(H,24,26). The van der Waals surface area contributed by atoms with Crippen LogP contribution in [0.5, 0.6) is 5.75 Å². The minimum absolute atomic E-state index is 0.102. The highest BCUT2D eigenvalue weighted by Crippen LogP contribution is 2.23. The van der Waals surface area contributed by atoms with Crippen molar-refractivity contribution >= 4 is 29.1 Å². The van der Waals surface area contributed by atoms with Crippen molar-refractivity contribution in [2.75, 3.05) is 19.0 Å². The summed E-state index contributed by atoms with van der Waals surface area (Å²) in [7, 11) is 1.60. The molecule has 0 heterocycles. The molecule has 0 bridgehead atoms. The van der Waals surface area contributed by atoms with Crippen molar-refractivity contribution in [3.8, 4) is 5.75 Å². The summed E-state index contributed by atoms with van der Waals surface area (Å²) >= 11 is 5.71. The number of carbonyl (C=O) groups excluding carboxylic acids is 2. The first kappa shape index (κ1) is 20.7. The number of nitrogens with one attached hydrogen (secondary N) is 2. The highest BCUT2D eigenvalue weighted by molar-refractivity contribution is 6.31. The van der Waals surface area contributed by atoms with Gasteiger partial charge in [0.2, 0.25) is 11.8 Å². The molecule has 144 valence electrons. The Kier molecular flexibility index (Phi) is 6.80. The summed E-state index contributed by atoms with van der Waals surface area (Å²) in [5.74, 6) is -0.722. The SMILES string of the molecule is COc1ccc(CCNC(=O)C(C)(C)C(=O)Nc2ccc(F)c(Cl)c2)cc1. The van der Waals surface area contributed by atoms with Crippen LogP contribution in [-0.2, 0) is 16.0 Å². The maximum Gasteiger partial charge on any atom is 0.239 e. The highest BCUT2D eigenvalue weighted by atomic mass is 35.5. The van der Waals surface area contributed by atoms with Gasteiger partial charge in [-0.3, -0.25) is 9.59 Å². The van der Waals surface area contributed by atoms with Gasteiger partial charge in [-0.15, -0.1) is 0 Å². The van der Waals surface area contributed by atoms with Gasteiger partial charge in [-0.2, -0.15) is 0 Å². The van der Waals surface area contributed by atoms with Gasteiger partial charge in [0, 0.05) is 12.2 Å². The molecule has 0 aromatic heterocycles. The van der Waals surface area contributed by atoms with Crippen LogP contribution < -0.4 is 15.4 Å². The number of carbonyl (C=O) groups is 2. The number of halogens is 2. The Morgan fingerprint density at radius 2 is 1.78 bits per heavy atom. The molecule has 0 fully saturated rings. The van der Waals surface area contributed by atoms with Crippen LogP contribution in [0.15, 0.2) is 42.5 Å². The van der Waals surface area contributed by atoms with Gasteiger partial charge in [0.15, 0.2) is 0 Å². The number of hydrogen-bond acceptors (Lipinski definition) is 3. The monoisotopic (exact) mass is 392 g/mol. The van der Waals surface area contributed by atoms with Gasteiger partial charge in [0.1, 0.15) is 17.0 Å². The van der Waals surface area contributed by atoms with Crippen molar-refractivity contribution in [2.24, 2.45) is 5.41 Å². The van der Waals surface area contributed by atoms with Gasteiger partial charge in [-0.1, -0.05) is 23.7 Å². The molecule has 2 aromatic rings. The lowest BCUT2D eigenvalue weighted by Gasteiger charge is -2.23. The predicted octanol–water partition coefficient (Wildman–Crippen LogP) is 3.81. The zero-order valence-corrected chi connectivity index (χ0v) is 16.2. The van der Waals surface area contributed by atoms with E-state index in [-0.39, 0.29) is 5.02 Å². The van der Waals surface area contributed by atoms with E-state index >= 15 is 0 Å². The van der Waals surface area contributed by atoms with E-state index in [0.29, 0.717) is 18.7 Å². The van der Waals surface area contributed by atoms with Crippen molar-refractivity contribution in [2.45, 2.75) is 20.3 Å². The molecule has 2 aromatic carbocycles. The molecule has 0 aliphatic carbocycles. The van der Waals surface area contributed by atoms with E-state index in [1.165, 1.54) is 26.0 Å². The fourth-order valence-corrected chi connectivity index (χ4v) is 2.48. The van der Waals surface area contributed by atoms with Crippen LogP contribution >= 0.6 is 11.6 Å². The zero-order chi connectivity index (χ0) is 20.0. The summed E-state index contributed by atoms with van der Waals surface area (Å²) in [6.07, 6.45) is 0.626. The van der Waals surface area contributed by atoms with Crippen LogP contribution in [0.1, 0.15) is 19.4 Å². The van der Waals surface area contributed by atoms with Gasteiger partial charge in [-0.05, 0) is 56.2 Å². The van der Waals surface area contributed by atoms with E-state index in [4.69, 9.17) is 16.3 Å². The average molecular weight is 393 g/mol. The normalized spacial score (nSPS) is 11.0. The summed E-state index contributed by atoms with van der Waals surface area (Å²) in [4.78, 5) is 24.9. The van der Waals surface area contributed by atoms with Crippen LogP contribution in [-0.4, -0.2) is 25.5 Å². The molecular weight excluding hydrogens is 371 g/mol. The summed E-state index contributed by atoms with van der Waals surface area (Å²) in [5.41, 5.74) is 0.0608. The Balaban J connectivity index is 1.90. The first-order valence-electron chi connectivity index (χ1n) is 8.42. The molecule has 5 nitrogen and oxygen atoms in total. The van der Waals surface area contributed by atoms with Gasteiger partial charge in [0.25, 0.3) is 0 Å². The molecular formula is C20H22ClFN2O3. The second-order valence-corrected chi connectivity index (χ2v) is 6.97. The van der Waals surface area contributed by atoms with E-state index in [0.717, 1.165) is 17.4 Å². The maximum atomic E-state index is 13.2. The molecule has 2 N–H and O–H groups in total. The van der Waals surface area contributed by atoms with Crippen molar-refractivity contribution < 1.29 is 18.7 Å². The number of ether oxygens (including phenoxy) is 1. The lowest BCUT2D eigenvalue weighted by atomic mass is 9.91. The third-order valence-electron chi connectivity index (χ3n) is 4.17. The Labute approximate surface area is 162 Å². The van der Waals surface area contributed by atoms with E-state index in [1.54, 1.807) is 7.11 Å². The Hall–Kier alpha value is -2.60. The van der Waals surface area contributed by atoms with Gasteiger partial charge >= 0.3 is 0 Å². The molecule has 0 radical (unpaired) electrons. The summed E-state index contributed by atoms with van der Waals surface area (Å²) < 4.78 is 18.3. The van der Waals surface area contributed by atoms with Gasteiger partial charge < -0.3 is 15.4 Å². The number of rotatable bonds is 7. The summed E-state index contributed by atoms with van der Waals surface area (Å²) in [6, 6.07) is 11.4. The quantitative estimate of drug-likeness (QED) is 0.704. The zero-order valence-electron chi connectivity index (χ0n) is 15.4. The molecule has 2 amide bonds. The third-order valence-corrected chi connectivity index (χ3v) is 4.46. The largest absolute Gasteiger partial charge is 0.497 e. The number of methoxy groups -OCH3 is 1. The minimum atomic E-state index is -1.30. The lowest BCUT2D eigenvalue weighted by Crippen LogP contribution is -2.45. The molecule has 0 spiro atoms. The van der Waals surface area contributed by atoms with Crippen LogP contribution in [0.4, 0.5) is 10.1 Å². The van der Waals surface area contributed by atoms with E-state index < -0.39 is 23.0 Å². The molecule has 2 rings (SSSR count). The number of benzene rings is 2. The van der Waals surface area contributed by atoms with E-state index in [1.807, 2.05) is 24.3 Å². The molecule has 0 saturated heterocycles. The smallest absolute Gasteiger partial charge is 0.239 e. The summed E-state index contributed by atoms with van der Waals surface area (Å²) in [5, 5.41) is 5.25. The van der Waals surface area contributed by atoms with Gasteiger partial charge in [-0.25, -0.2) is 4.39 Å². The van der Waals surface area contributed by atoms with Crippen molar-refractivity contribution in [3.05, 3.63) is 58.9 Å². The van der Waals surface area contributed by atoms with Crippen molar-refractivity contribution in [3.63, 3.8) is 0 Å². The number of anilines is 1. The molecule has 0 aliphatic heterocycles. The molecule has 27 heavy (non-hydrogen) atoms. The number of amides is 2.